The number of hydrogen-bond donors (Lipinski definition) is 0. The van der Waals surface area contributed by atoms with E-state index in [2.05, 4.69) is 11.1 Å². The number of fused-ring (bicyclic) bond motifs is 1. The summed E-state index contributed by atoms with van der Waals surface area (Å²) in [6.07, 6.45) is 0. The van der Waals surface area contributed by atoms with Crippen LogP contribution in [-0.4, -0.2) is 30.3 Å². The van der Waals surface area contributed by atoms with Crippen molar-refractivity contribution in [2.24, 2.45) is 0 Å². The summed E-state index contributed by atoms with van der Waals surface area (Å²) < 4.78 is 5.18. The third-order valence-corrected chi connectivity index (χ3v) is 5.97. The van der Waals surface area contributed by atoms with E-state index in [4.69, 9.17) is 4.74 Å². The van der Waals surface area contributed by atoms with Gasteiger partial charge >= 0.3 is 0 Å². The number of thioether (sulfide) groups is 1. The zero-order chi connectivity index (χ0) is 17.2. The van der Waals surface area contributed by atoms with Crippen molar-refractivity contribution >= 4 is 34.7 Å². The third kappa shape index (κ3) is 3.15. The van der Waals surface area contributed by atoms with Gasteiger partial charge < -0.3 is 9.64 Å². The number of benzene rings is 2. The van der Waals surface area contributed by atoms with E-state index in [-0.39, 0.29) is 5.91 Å². The molecule has 1 aromatic heterocycles. The Morgan fingerprint density at radius 3 is 2.76 bits per heavy atom. The molecule has 0 spiro atoms. The summed E-state index contributed by atoms with van der Waals surface area (Å²) >= 11 is 3.27. The Labute approximate surface area is 154 Å². The third-order valence-electron chi connectivity index (χ3n) is 4.03. The van der Waals surface area contributed by atoms with E-state index < -0.39 is 0 Å². The fourth-order valence-corrected chi connectivity index (χ4v) is 4.55. The van der Waals surface area contributed by atoms with Crippen LogP contribution >= 0.6 is 23.1 Å². The summed E-state index contributed by atoms with van der Waals surface area (Å²) in [6, 6.07) is 15.7. The van der Waals surface area contributed by atoms with Crippen molar-refractivity contribution in [3.63, 3.8) is 0 Å². The molecule has 0 bridgehead atoms. The lowest BCUT2D eigenvalue weighted by molar-refractivity contribution is 0.0983. The first kappa shape index (κ1) is 16.2. The number of carbonyl (C=O) groups excluding carboxylic acids is 1. The van der Waals surface area contributed by atoms with Crippen molar-refractivity contribution in [3.05, 3.63) is 59.6 Å². The molecule has 4 nitrogen and oxygen atoms in total. The van der Waals surface area contributed by atoms with E-state index in [9.17, 15) is 4.79 Å². The molecule has 0 saturated carbocycles. The summed E-state index contributed by atoms with van der Waals surface area (Å²) in [5.74, 6) is 1.67. The maximum atomic E-state index is 12.9. The fraction of sp³-hybridized carbons (Fsp3) is 0.158. The zero-order valence-corrected chi connectivity index (χ0v) is 15.3. The molecule has 0 atom stereocenters. The average molecular weight is 368 g/mol. The predicted molar refractivity (Wildman–Crippen MR) is 103 cm³/mol. The molecule has 2 aromatic carbocycles. The number of para-hydroxylation sites is 1. The van der Waals surface area contributed by atoms with Gasteiger partial charge in [0.25, 0.3) is 5.91 Å². The Balaban J connectivity index is 1.61. The van der Waals surface area contributed by atoms with Gasteiger partial charge in [0.2, 0.25) is 0 Å². The lowest BCUT2D eigenvalue weighted by atomic mass is 10.2. The van der Waals surface area contributed by atoms with Gasteiger partial charge in [-0.25, -0.2) is 4.98 Å². The van der Waals surface area contributed by atoms with Gasteiger partial charge in [0.1, 0.15) is 16.5 Å². The molecule has 0 saturated heterocycles. The van der Waals surface area contributed by atoms with Crippen molar-refractivity contribution in [2.45, 2.75) is 4.90 Å². The number of ether oxygens (including phenoxy) is 1. The molecule has 6 heteroatoms. The molecule has 1 aliphatic rings. The minimum Gasteiger partial charge on any atom is -0.497 e. The molecule has 126 valence electrons. The molecule has 3 aromatic rings. The highest BCUT2D eigenvalue weighted by molar-refractivity contribution is 7.99. The molecule has 25 heavy (non-hydrogen) atoms. The average Bonchev–Trinajstić information content (AvgIpc) is 3.17. The molecule has 0 unspecified atom stereocenters. The lowest BCUT2D eigenvalue weighted by Crippen LogP contribution is -2.35. The molecular formula is C19H16N2O2S2. The molecule has 1 aliphatic heterocycles. The largest absolute Gasteiger partial charge is 0.497 e. The second kappa shape index (κ2) is 6.90. The molecule has 0 radical (unpaired) electrons. The van der Waals surface area contributed by atoms with Crippen LogP contribution in [0.1, 0.15) is 10.5 Å². The van der Waals surface area contributed by atoms with Gasteiger partial charge in [-0.1, -0.05) is 12.1 Å². The van der Waals surface area contributed by atoms with Crippen LogP contribution in [0.15, 0.2) is 58.8 Å². The van der Waals surface area contributed by atoms with E-state index in [0.717, 1.165) is 32.7 Å². The number of rotatable bonds is 3. The van der Waals surface area contributed by atoms with Gasteiger partial charge in [-0.3, -0.25) is 4.79 Å². The monoisotopic (exact) mass is 368 g/mol. The normalized spacial score (nSPS) is 13.4. The summed E-state index contributed by atoms with van der Waals surface area (Å²) in [7, 11) is 1.64. The topological polar surface area (TPSA) is 42.4 Å². The van der Waals surface area contributed by atoms with E-state index >= 15 is 0 Å². The molecule has 1 amide bonds. The highest BCUT2D eigenvalue weighted by Crippen LogP contribution is 2.35. The van der Waals surface area contributed by atoms with Crippen LogP contribution in [-0.2, 0) is 0 Å². The summed E-state index contributed by atoms with van der Waals surface area (Å²) in [5.41, 5.74) is 2.46. The SMILES string of the molecule is COc1ccc(-c2nc(C(=O)N3CCSc4ccccc43)cs2)cc1. The van der Waals surface area contributed by atoms with Crippen LogP contribution in [0.4, 0.5) is 5.69 Å². The fourth-order valence-electron chi connectivity index (χ4n) is 2.76. The summed E-state index contributed by atoms with van der Waals surface area (Å²) in [5, 5.41) is 2.68. The summed E-state index contributed by atoms with van der Waals surface area (Å²) in [4.78, 5) is 20.5. The van der Waals surface area contributed by atoms with Crippen molar-refractivity contribution in [3.8, 4) is 16.3 Å². The second-order valence-corrected chi connectivity index (χ2v) is 7.53. The quantitative estimate of drug-likeness (QED) is 0.679. The first-order valence-corrected chi connectivity index (χ1v) is 9.76. The van der Waals surface area contributed by atoms with Crippen LogP contribution in [0, 0.1) is 0 Å². The minimum atomic E-state index is -0.0382. The van der Waals surface area contributed by atoms with Crippen LogP contribution < -0.4 is 9.64 Å². The van der Waals surface area contributed by atoms with Gasteiger partial charge in [0.15, 0.2) is 0 Å². The smallest absolute Gasteiger partial charge is 0.277 e. The van der Waals surface area contributed by atoms with Crippen molar-refractivity contribution in [1.82, 2.24) is 4.98 Å². The summed E-state index contributed by atoms with van der Waals surface area (Å²) in [6.45, 7) is 0.704. The van der Waals surface area contributed by atoms with Crippen LogP contribution in [0.25, 0.3) is 10.6 Å². The molecule has 0 aliphatic carbocycles. The van der Waals surface area contributed by atoms with Crippen molar-refractivity contribution in [1.29, 1.82) is 0 Å². The molecular weight excluding hydrogens is 352 g/mol. The maximum Gasteiger partial charge on any atom is 0.277 e. The Kier molecular flexibility index (Phi) is 4.46. The van der Waals surface area contributed by atoms with Crippen molar-refractivity contribution in [2.75, 3.05) is 24.3 Å². The zero-order valence-electron chi connectivity index (χ0n) is 13.6. The standard InChI is InChI=1S/C19H16N2O2S2/c1-23-14-8-6-13(7-9-14)18-20-15(12-25-18)19(22)21-10-11-24-17-5-3-2-4-16(17)21/h2-9,12H,10-11H2,1H3. The number of aromatic nitrogens is 1. The number of nitrogens with zero attached hydrogens (tertiary/aromatic N) is 2. The van der Waals surface area contributed by atoms with Gasteiger partial charge in [-0.2, -0.15) is 0 Å². The minimum absolute atomic E-state index is 0.0382. The second-order valence-electron chi connectivity index (χ2n) is 5.54. The Morgan fingerprint density at radius 1 is 1.16 bits per heavy atom. The van der Waals surface area contributed by atoms with E-state index in [1.54, 1.807) is 18.9 Å². The number of anilines is 1. The highest BCUT2D eigenvalue weighted by Gasteiger charge is 2.25. The van der Waals surface area contributed by atoms with Crippen LogP contribution in [0.5, 0.6) is 5.75 Å². The van der Waals surface area contributed by atoms with Gasteiger partial charge in [-0.15, -0.1) is 23.1 Å². The lowest BCUT2D eigenvalue weighted by Gasteiger charge is -2.28. The van der Waals surface area contributed by atoms with Crippen LogP contribution in [0.2, 0.25) is 0 Å². The highest BCUT2D eigenvalue weighted by atomic mass is 32.2. The predicted octanol–water partition coefficient (Wildman–Crippen LogP) is 4.57. The molecule has 4 rings (SSSR count). The first-order valence-electron chi connectivity index (χ1n) is 7.90. The number of amides is 1. The van der Waals surface area contributed by atoms with Gasteiger partial charge in [0.05, 0.1) is 12.8 Å². The van der Waals surface area contributed by atoms with Gasteiger partial charge in [0, 0.05) is 28.1 Å². The Bertz CT molecular complexity index is 906. The molecule has 2 heterocycles. The van der Waals surface area contributed by atoms with Crippen LogP contribution in [0.3, 0.4) is 0 Å². The maximum absolute atomic E-state index is 12.9. The Hall–Kier alpha value is -2.31. The van der Waals surface area contributed by atoms with E-state index in [1.165, 1.54) is 11.3 Å². The Morgan fingerprint density at radius 2 is 1.96 bits per heavy atom. The first-order chi connectivity index (χ1) is 12.3. The van der Waals surface area contributed by atoms with E-state index in [1.807, 2.05) is 52.7 Å². The number of hydrogen-bond acceptors (Lipinski definition) is 5. The molecule has 0 fully saturated rings. The van der Waals surface area contributed by atoms with Gasteiger partial charge in [-0.05, 0) is 36.4 Å². The number of methoxy groups -OCH3 is 1. The number of thiazole rings is 1. The van der Waals surface area contributed by atoms with E-state index in [0.29, 0.717) is 12.2 Å². The number of carbonyl (C=O) groups is 1. The van der Waals surface area contributed by atoms with Crippen molar-refractivity contribution < 1.29 is 9.53 Å². The molecule has 0 N–H and O–H groups in total.